The molecule has 0 saturated carbocycles. The number of rotatable bonds is 3. The van der Waals surface area contributed by atoms with Crippen LogP contribution in [0.4, 0.5) is 8.78 Å². The molecule has 3 rings (SSSR count). The first kappa shape index (κ1) is 17.1. The van der Waals surface area contributed by atoms with Crippen molar-refractivity contribution in [3.63, 3.8) is 0 Å². The quantitative estimate of drug-likeness (QED) is 0.547. The summed E-state index contributed by atoms with van der Waals surface area (Å²) in [5.74, 6) is 0. The van der Waals surface area contributed by atoms with Crippen molar-refractivity contribution in [2.45, 2.75) is 33.2 Å². The average molecular weight is 370 g/mol. The Balaban J connectivity index is 2.33. The zero-order valence-electron chi connectivity index (χ0n) is 13.3. The van der Waals surface area contributed by atoms with E-state index in [0.29, 0.717) is 38.0 Å². The molecule has 0 amide bonds. The topological polar surface area (TPSA) is 30.7 Å². The lowest BCUT2D eigenvalue weighted by molar-refractivity contribution is 0.153. The number of pyridine rings is 1. The van der Waals surface area contributed by atoms with Crippen LogP contribution in [0.5, 0.6) is 0 Å². The molecule has 3 nitrogen and oxygen atoms in total. The van der Waals surface area contributed by atoms with E-state index in [4.69, 9.17) is 23.2 Å². The molecule has 0 spiro atoms. The van der Waals surface area contributed by atoms with Gasteiger partial charge in [0.15, 0.2) is 5.65 Å². The molecular formula is C17H15Cl2F2N3. The van der Waals surface area contributed by atoms with Crippen molar-refractivity contribution in [3.8, 4) is 11.3 Å². The van der Waals surface area contributed by atoms with Crippen molar-refractivity contribution in [2.75, 3.05) is 0 Å². The van der Waals surface area contributed by atoms with E-state index in [0.717, 1.165) is 0 Å². The molecule has 0 unspecified atom stereocenters. The average Bonchev–Trinajstić information content (AvgIpc) is 2.86. The second-order valence-electron chi connectivity index (χ2n) is 5.85. The van der Waals surface area contributed by atoms with E-state index in [1.54, 1.807) is 29.8 Å². The summed E-state index contributed by atoms with van der Waals surface area (Å²) in [6, 6.07) is 6.35. The van der Waals surface area contributed by atoms with Gasteiger partial charge in [-0.25, -0.2) is 18.4 Å². The number of benzene rings is 1. The third-order valence-corrected chi connectivity index (χ3v) is 4.55. The number of hydrogen-bond donors (Lipinski definition) is 0. The number of nitrogens with zero attached hydrogens (tertiary/aromatic N) is 3. The molecule has 2 aromatic heterocycles. The van der Waals surface area contributed by atoms with Crippen molar-refractivity contribution < 1.29 is 8.78 Å². The third kappa shape index (κ3) is 2.87. The summed E-state index contributed by atoms with van der Waals surface area (Å²) >= 11 is 12.0. The maximum atomic E-state index is 13.6. The summed E-state index contributed by atoms with van der Waals surface area (Å²) in [6.45, 7) is 5.58. The van der Waals surface area contributed by atoms with Gasteiger partial charge in [0.25, 0.3) is 6.43 Å². The first-order chi connectivity index (χ1) is 11.3. The first-order valence-electron chi connectivity index (χ1n) is 7.43. The highest BCUT2D eigenvalue weighted by molar-refractivity contribution is 6.42. The Morgan fingerprint density at radius 2 is 1.79 bits per heavy atom. The van der Waals surface area contributed by atoms with Gasteiger partial charge in [-0.1, -0.05) is 29.3 Å². The summed E-state index contributed by atoms with van der Waals surface area (Å²) in [6.07, 6.45) is -2.62. The Hall–Kier alpha value is -1.72. The summed E-state index contributed by atoms with van der Waals surface area (Å²) in [5, 5.41) is 5.53. The fourth-order valence-corrected chi connectivity index (χ4v) is 2.98. The summed E-state index contributed by atoms with van der Waals surface area (Å²) in [7, 11) is 0. The number of halogens is 4. The zero-order chi connectivity index (χ0) is 17.6. The van der Waals surface area contributed by atoms with Gasteiger partial charge < -0.3 is 0 Å². The van der Waals surface area contributed by atoms with Gasteiger partial charge in [0.2, 0.25) is 0 Å². The van der Waals surface area contributed by atoms with Crippen molar-refractivity contribution in [2.24, 2.45) is 0 Å². The molecule has 0 saturated heterocycles. The van der Waals surface area contributed by atoms with E-state index >= 15 is 0 Å². The van der Waals surface area contributed by atoms with E-state index in [9.17, 15) is 8.78 Å². The van der Waals surface area contributed by atoms with E-state index in [1.165, 1.54) is 6.07 Å². The number of fused-ring (bicyclic) bond motifs is 1. The van der Waals surface area contributed by atoms with Crippen LogP contribution in [-0.2, 0) is 0 Å². The SMILES string of the molecule is Cc1nn(C(C)C)c2nc(-c3ccc(Cl)c(Cl)c3)cc(C(F)F)c12. The van der Waals surface area contributed by atoms with E-state index in [2.05, 4.69) is 10.1 Å². The van der Waals surface area contributed by atoms with E-state index in [-0.39, 0.29) is 11.6 Å². The Bertz CT molecular complexity index is 920. The standard InChI is InChI=1S/C17H15Cl2F2N3/c1-8(2)24-17-15(9(3)23-24)11(16(20)21)7-14(22-17)10-4-5-12(18)13(19)6-10/h4-8,16H,1-3H3. The lowest BCUT2D eigenvalue weighted by Gasteiger charge is -2.11. The van der Waals surface area contributed by atoms with Gasteiger partial charge in [-0.2, -0.15) is 5.10 Å². The molecule has 0 radical (unpaired) electrons. The second kappa shape index (κ2) is 6.30. The van der Waals surface area contributed by atoms with E-state index in [1.807, 2.05) is 13.8 Å². The van der Waals surface area contributed by atoms with Crippen LogP contribution in [-0.4, -0.2) is 14.8 Å². The van der Waals surface area contributed by atoms with Gasteiger partial charge in [-0.15, -0.1) is 0 Å². The van der Waals surface area contributed by atoms with Crippen molar-refractivity contribution in [3.05, 3.63) is 45.6 Å². The molecule has 24 heavy (non-hydrogen) atoms. The van der Waals surface area contributed by atoms with Gasteiger partial charge >= 0.3 is 0 Å². The minimum absolute atomic E-state index is 0.00304. The number of aryl methyl sites for hydroxylation is 1. The molecule has 126 valence electrons. The molecule has 2 heterocycles. The Morgan fingerprint density at radius 1 is 1.08 bits per heavy atom. The molecule has 1 aromatic carbocycles. The van der Waals surface area contributed by atoms with Crippen molar-refractivity contribution in [1.82, 2.24) is 14.8 Å². The highest BCUT2D eigenvalue weighted by Crippen LogP contribution is 2.35. The zero-order valence-corrected chi connectivity index (χ0v) is 14.8. The van der Waals surface area contributed by atoms with Crippen LogP contribution in [0.2, 0.25) is 10.0 Å². The predicted molar refractivity (Wildman–Crippen MR) is 93.1 cm³/mol. The first-order valence-corrected chi connectivity index (χ1v) is 8.18. The highest BCUT2D eigenvalue weighted by Gasteiger charge is 2.22. The van der Waals surface area contributed by atoms with Gasteiger partial charge in [-0.05, 0) is 39.0 Å². The minimum atomic E-state index is -2.62. The molecular weight excluding hydrogens is 355 g/mol. The number of hydrogen-bond acceptors (Lipinski definition) is 2. The molecule has 0 aliphatic rings. The molecule has 7 heteroatoms. The van der Waals surface area contributed by atoms with Crippen LogP contribution in [0.15, 0.2) is 24.3 Å². The summed E-state index contributed by atoms with van der Waals surface area (Å²) in [4.78, 5) is 4.57. The summed E-state index contributed by atoms with van der Waals surface area (Å²) in [5.41, 5.74) is 1.95. The highest BCUT2D eigenvalue weighted by atomic mass is 35.5. The minimum Gasteiger partial charge on any atom is -0.244 e. The summed E-state index contributed by atoms with van der Waals surface area (Å²) < 4.78 is 28.9. The van der Waals surface area contributed by atoms with Crippen molar-refractivity contribution in [1.29, 1.82) is 0 Å². The second-order valence-corrected chi connectivity index (χ2v) is 6.66. The molecule has 0 fully saturated rings. The van der Waals surface area contributed by atoms with Crippen LogP contribution in [0.1, 0.15) is 37.6 Å². The Labute approximate surface area is 148 Å². The maximum Gasteiger partial charge on any atom is 0.264 e. The normalized spacial score (nSPS) is 11.9. The smallest absolute Gasteiger partial charge is 0.244 e. The van der Waals surface area contributed by atoms with Gasteiger partial charge in [-0.3, -0.25) is 0 Å². The van der Waals surface area contributed by atoms with Crippen LogP contribution in [0, 0.1) is 6.92 Å². The molecule has 3 aromatic rings. The van der Waals surface area contributed by atoms with E-state index < -0.39 is 6.43 Å². The van der Waals surface area contributed by atoms with Crippen LogP contribution in [0.25, 0.3) is 22.3 Å². The monoisotopic (exact) mass is 369 g/mol. The lowest BCUT2D eigenvalue weighted by atomic mass is 10.1. The molecule has 0 aliphatic carbocycles. The van der Waals surface area contributed by atoms with Gasteiger partial charge in [0.1, 0.15) is 0 Å². The number of aromatic nitrogens is 3. The van der Waals surface area contributed by atoms with Gasteiger partial charge in [0, 0.05) is 17.2 Å². The Kier molecular flexibility index (Phi) is 4.49. The van der Waals surface area contributed by atoms with Crippen LogP contribution in [0.3, 0.4) is 0 Å². The Morgan fingerprint density at radius 3 is 2.38 bits per heavy atom. The largest absolute Gasteiger partial charge is 0.264 e. The molecule has 0 aliphatic heterocycles. The molecule has 0 N–H and O–H groups in total. The predicted octanol–water partition coefficient (Wildman–Crippen LogP) is 6.23. The third-order valence-electron chi connectivity index (χ3n) is 3.81. The molecule has 0 bridgehead atoms. The fraction of sp³-hybridized carbons (Fsp3) is 0.294. The number of alkyl halides is 2. The van der Waals surface area contributed by atoms with Crippen molar-refractivity contribution >= 4 is 34.2 Å². The van der Waals surface area contributed by atoms with Gasteiger partial charge in [0.05, 0.1) is 26.8 Å². The lowest BCUT2D eigenvalue weighted by Crippen LogP contribution is -2.04. The van der Waals surface area contributed by atoms with Crippen LogP contribution < -0.4 is 0 Å². The van der Waals surface area contributed by atoms with Crippen LogP contribution >= 0.6 is 23.2 Å². The fourth-order valence-electron chi connectivity index (χ4n) is 2.68. The maximum absolute atomic E-state index is 13.6. The molecule has 0 atom stereocenters.